The topological polar surface area (TPSA) is 74.2 Å². The first-order chi connectivity index (χ1) is 12.0. The Morgan fingerprint density at radius 1 is 1.27 bits per heavy atom. The molecule has 1 aromatic carbocycles. The van der Waals surface area contributed by atoms with Gasteiger partial charge in [-0.2, -0.15) is 0 Å². The molecule has 0 unspecified atom stereocenters. The van der Waals surface area contributed by atoms with Crippen LogP contribution in [0.2, 0.25) is 0 Å². The third kappa shape index (κ3) is 8.09. The number of nitrogens with one attached hydrogen (secondary N) is 1. The highest BCUT2D eigenvalue weighted by atomic mass is 127. The number of nitrogens with zero attached hydrogens (tertiary/aromatic N) is 3. The molecule has 0 bridgehead atoms. The van der Waals surface area contributed by atoms with Gasteiger partial charge in [0.25, 0.3) is 0 Å². The van der Waals surface area contributed by atoms with Gasteiger partial charge in [0.2, 0.25) is 0 Å². The van der Waals surface area contributed by atoms with Crippen LogP contribution in [0.5, 0.6) is 5.75 Å². The lowest BCUT2D eigenvalue weighted by atomic mass is 10.3. The minimum Gasteiger partial charge on any atom is -0.492 e. The second-order valence-electron chi connectivity index (χ2n) is 6.05. The van der Waals surface area contributed by atoms with E-state index in [-0.39, 0.29) is 35.5 Å². The van der Waals surface area contributed by atoms with E-state index in [0.717, 1.165) is 31.3 Å². The average Bonchev–Trinajstić information content (AvgIpc) is 2.61. The summed E-state index contributed by atoms with van der Waals surface area (Å²) in [5, 5.41) is 3.32. The van der Waals surface area contributed by atoms with Gasteiger partial charge in [0, 0.05) is 40.3 Å². The molecular formula is C17H29IN4O3S. The Labute approximate surface area is 173 Å². The number of rotatable bonds is 7. The van der Waals surface area contributed by atoms with Crippen molar-refractivity contribution in [2.75, 3.05) is 64.9 Å². The Morgan fingerprint density at radius 3 is 2.54 bits per heavy atom. The first kappa shape index (κ1) is 23.0. The van der Waals surface area contributed by atoms with Gasteiger partial charge in [-0.15, -0.1) is 24.0 Å². The van der Waals surface area contributed by atoms with E-state index in [1.165, 1.54) is 0 Å². The second-order valence-corrected chi connectivity index (χ2v) is 8.35. The van der Waals surface area contributed by atoms with Gasteiger partial charge in [-0.1, -0.05) is 18.2 Å². The summed E-state index contributed by atoms with van der Waals surface area (Å²) >= 11 is 0. The van der Waals surface area contributed by atoms with Crippen molar-refractivity contribution in [3.05, 3.63) is 30.3 Å². The number of sulfone groups is 1. The molecule has 9 heteroatoms. The fraction of sp³-hybridized carbons (Fsp3) is 0.588. The highest BCUT2D eigenvalue weighted by Crippen LogP contribution is 2.07. The largest absolute Gasteiger partial charge is 0.492 e. The highest BCUT2D eigenvalue weighted by Gasteiger charge is 2.21. The van der Waals surface area contributed by atoms with Crippen molar-refractivity contribution in [3.63, 3.8) is 0 Å². The van der Waals surface area contributed by atoms with Crippen LogP contribution in [0, 0.1) is 0 Å². The Balaban J connectivity index is 0.00000338. The molecule has 1 aliphatic heterocycles. The summed E-state index contributed by atoms with van der Waals surface area (Å²) in [7, 11) is 0.907. The van der Waals surface area contributed by atoms with Gasteiger partial charge < -0.3 is 15.0 Å². The summed E-state index contributed by atoms with van der Waals surface area (Å²) in [5.74, 6) is 2.19. The van der Waals surface area contributed by atoms with Crippen molar-refractivity contribution in [1.29, 1.82) is 0 Å². The zero-order chi connectivity index (χ0) is 18.1. The molecule has 0 atom stereocenters. The number of likely N-dealkylation sites (N-methyl/N-ethyl adjacent to an activating group) is 1. The maximum atomic E-state index is 11.4. The lowest BCUT2D eigenvalue weighted by Crippen LogP contribution is -2.46. The van der Waals surface area contributed by atoms with E-state index < -0.39 is 9.84 Å². The SMILES string of the molecule is CN=C(NCCN1CCS(=O)(=O)CC1)N(C)CCOc1ccccc1.I. The molecule has 26 heavy (non-hydrogen) atoms. The molecule has 2 rings (SSSR count). The van der Waals surface area contributed by atoms with Crippen LogP contribution in [-0.2, 0) is 9.84 Å². The molecule has 0 radical (unpaired) electrons. The molecule has 0 aliphatic carbocycles. The fourth-order valence-electron chi connectivity index (χ4n) is 2.61. The molecule has 1 fully saturated rings. The van der Waals surface area contributed by atoms with Crippen LogP contribution in [0.4, 0.5) is 0 Å². The molecule has 0 saturated carbocycles. The van der Waals surface area contributed by atoms with Crippen molar-refractivity contribution >= 4 is 39.8 Å². The number of benzene rings is 1. The smallest absolute Gasteiger partial charge is 0.193 e. The molecule has 1 heterocycles. The number of hydrogen-bond donors (Lipinski definition) is 1. The maximum Gasteiger partial charge on any atom is 0.193 e. The lowest BCUT2D eigenvalue weighted by molar-refractivity contribution is 0.278. The van der Waals surface area contributed by atoms with Crippen LogP contribution in [0.1, 0.15) is 0 Å². The minimum atomic E-state index is -2.82. The van der Waals surface area contributed by atoms with E-state index in [0.29, 0.717) is 19.7 Å². The number of hydrogen-bond acceptors (Lipinski definition) is 5. The first-order valence-corrected chi connectivity index (χ1v) is 10.3. The summed E-state index contributed by atoms with van der Waals surface area (Å²) in [5.41, 5.74) is 0. The van der Waals surface area contributed by atoms with Crippen LogP contribution in [0.15, 0.2) is 35.3 Å². The van der Waals surface area contributed by atoms with E-state index >= 15 is 0 Å². The molecule has 7 nitrogen and oxygen atoms in total. The third-order valence-electron chi connectivity index (χ3n) is 4.16. The lowest BCUT2D eigenvalue weighted by Gasteiger charge is -2.28. The van der Waals surface area contributed by atoms with E-state index in [2.05, 4.69) is 15.2 Å². The molecule has 148 valence electrons. The van der Waals surface area contributed by atoms with Crippen LogP contribution < -0.4 is 10.1 Å². The number of ether oxygens (including phenoxy) is 1. The number of para-hydroxylation sites is 1. The number of aliphatic imine (C=N–C) groups is 1. The van der Waals surface area contributed by atoms with Gasteiger partial charge in [-0.25, -0.2) is 8.42 Å². The summed E-state index contributed by atoms with van der Waals surface area (Å²) in [6.45, 7) is 4.06. The van der Waals surface area contributed by atoms with Crippen molar-refractivity contribution in [2.24, 2.45) is 4.99 Å². The summed E-state index contributed by atoms with van der Waals surface area (Å²) in [6.07, 6.45) is 0. The van der Waals surface area contributed by atoms with Crippen LogP contribution in [0.25, 0.3) is 0 Å². The fourth-order valence-corrected chi connectivity index (χ4v) is 3.88. The molecule has 0 spiro atoms. The van der Waals surface area contributed by atoms with E-state index in [9.17, 15) is 8.42 Å². The van der Waals surface area contributed by atoms with E-state index in [1.807, 2.05) is 42.3 Å². The van der Waals surface area contributed by atoms with Gasteiger partial charge in [-0.3, -0.25) is 9.89 Å². The number of halogens is 1. The van der Waals surface area contributed by atoms with Gasteiger partial charge in [-0.05, 0) is 12.1 Å². The summed E-state index contributed by atoms with van der Waals surface area (Å²) < 4.78 is 28.6. The quantitative estimate of drug-likeness (QED) is 0.344. The Kier molecular flexibility index (Phi) is 10.3. The van der Waals surface area contributed by atoms with Gasteiger partial charge in [0.15, 0.2) is 15.8 Å². The zero-order valence-electron chi connectivity index (χ0n) is 15.4. The zero-order valence-corrected chi connectivity index (χ0v) is 18.6. The normalized spacial score (nSPS) is 17.2. The molecular weight excluding hydrogens is 467 g/mol. The van der Waals surface area contributed by atoms with Gasteiger partial charge in [0.1, 0.15) is 12.4 Å². The predicted octanol–water partition coefficient (Wildman–Crippen LogP) is 0.921. The number of guanidine groups is 1. The summed E-state index contributed by atoms with van der Waals surface area (Å²) in [4.78, 5) is 8.46. The Morgan fingerprint density at radius 2 is 1.92 bits per heavy atom. The van der Waals surface area contributed by atoms with E-state index in [4.69, 9.17) is 4.74 Å². The average molecular weight is 496 g/mol. The summed E-state index contributed by atoms with van der Waals surface area (Å²) in [6, 6.07) is 9.73. The van der Waals surface area contributed by atoms with Crippen molar-refractivity contribution in [1.82, 2.24) is 15.1 Å². The molecule has 0 amide bonds. The third-order valence-corrected chi connectivity index (χ3v) is 5.77. The Bertz CT molecular complexity index is 641. The Hall–Kier alpha value is -1.07. The molecule has 1 aliphatic rings. The van der Waals surface area contributed by atoms with Crippen molar-refractivity contribution < 1.29 is 13.2 Å². The molecule has 0 aromatic heterocycles. The van der Waals surface area contributed by atoms with Gasteiger partial charge in [0.05, 0.1) is 18.1 Å². The molecule has 1 aromatic rings. The monoisotopic (exact) mass is 496 g/mol. The second kappa shape index (κ2) is 11.6. The molecule has 1 N–H and O–H groups in total. The van der Waals surface area contributed by atoms with Crippen LogP contribution >= 0.6 is 24.0 Å². The molecule has 1 saturated heterocycles. The predicted molar refractivity (Wildman–Crippen MR) is 116 cm³/mol. The minimum absolute atomic E-state index is 0. The maximum absolute atomic E-state index is 11.4. The van der Waals surface area contributed by atoms with Crippen LogP contribution in [-0.4, -0.2) is 89.1 Å². The van der Waals surface area contributed by atoms with E-state index in [1.54, 1.807) is 7.05 Å². The van der Waals surface area contributed by atoms with Crippen molar-refractivity contribution in [3.8, 4) is 5.75 Å². The van der Waals surface area contributed by atoms with Crippen LogP contribution in [0.3, 0.4) is 0 Å². The standard InChI is InChI=1S/C17H28N4O3S.HI/c1-18-17(19-8-9-21-11-14-25(22,23)15-12-21)20(2)10-13-24-16-6-4-3-5-7-16;/h3-7H,8-15H2,1-2H3,(H,18,19);1H. The highest BCUT2D eigenvalue weighted by molar-refractivity contribution is 14.0. The first-order valence-electron chi connectivity index (χ1n) is 8.52. The van der Waals surface area contributed by atoms with Crippen molar-refractivity contribution in [2.45, 2.75) is 0 Å². The van der Waals surface area contributed by atoms with Gasteiger partial charge >= 0.3 is 0 Å².